The minimum absolute atomic E-state index is 0.626. The number of hydrogen-bond acceptors (Lipinski definition) is 11. The molecule has 11 heteroatoms. The molecule has 140 valence electrons. The lowest BCUT2D eigenvalue weighted by Gasteiger charge is -2.25. The van der Waals surface area contributed by atoms with Gasteiger partial charge >= 0.3 is 5.97 Å². The number of esters is 1. The van der Waals surface area contributed by atoms with Crippen LogP contribution in [0.4, 0.5) is 0 Å². The summed E-state index contributed by atoms with van der Waals surface area (Å²) >= 11 is 0. The zero-order valence-corrected chi connectivity index (χ0v) is 12.6. The van der Waals surface area contributed by atoms with Gasteiger partial charge < -0.3 is 45.6 Å². The average Bonchev–Trinajstić information content (AvgIpc) is 2.64. The lowest BCUT2D eigenvalue weighted by Crippen LogP contribution is -2.49. The Hall–Kier alpha value is -2.44. The monoisotopic (exact) mass is 363 g/mol. The van der Waals surface area contributed by atoms with Gasteiger partial charge in [-0.15, -0.1) is 0 Å². The van der Waals surface area contributed by atoms with Gasteiger partial charge in [0.15, 0.2) is 23.0 Å². The van der Waals surface area contributed by atoms with Crippen molar-refractivity contribution in [2.45, 2.75) is 24.4 Å². The van der Waals surface area contributed by atoms with E-state index >= 15 is 0 Å². The highest BCUT2D eigenvalue weighted by Gasteiger charge is 2.34. The Labute approximate surface area is 142 Å². The largest absolute Gasteiger partial charge is 0.504 e. The Kier molecular flexibility index (Phi) is 6.50. The van der Waals surface area contributed by atoms with E-state index in [9.17, 15) is 45.3 Å². The maximum atomic E-state index is 11.8. The second-order valence-corrected chi connectivity index (χ2v) is 4.98. The molecule has 11 nitrogen and oxygen atoms in total. The van der Waals surface area contributed by atoms with Gasteiger partial charge in [-0.2, -0.15) is 0 Å². The van der Waals surface area contributed by atoms with E-state index in [1.165, 1.54) is 0 Å². The molecule has 0 saturated heterocycles. The second-order valence-electron chi connectivity index (χ2n) is 4.98. The summed E-state index contributed by atoms with van der Waals surface area (Å²) in [4.78, 5) is 22.9. The third-order valence-corrected chi connectivity index (χ3v) is 3.16. The standard InChI is InChI=1S/C14H18O11/c15-3-8(18)11(21)13(23)12(22)9(19)4-25-14(24)5-1-6(16)10(20)7(17)2-5/h1-2,9,11-13,15-17,19-23H,3-4H2/t9-,11-,12-,13+/m1/s1/i1D. The molecule has 0 bridgehead atoms. The predicted octanol–water partition coefficient (Wildman–Crippen LogP) is -3.03. The minimum atomic E-state index is -2.19. The van der Waals surface area contributed by atoms with E-state index in [2.05, 4.69) is 4.74 Å². The summed E-state index contributed by atoms with van der Waals surface area (Å²) < 4.78 is 12.0. The SMILES string of the molecule is [2H]c1c(C(=O)OC[C@@H](O)[C@@H](O)[C@@H](O)[C@H](O)C(=O)CO)cc(O)c(O)c1O. The van der Waals surface area contributed by atoms with Crippen molar-refractivity contribution in [3.63, 3.8) is 0 Å². The number of aromatic hydroxyl groups is 3. The summed E-state index contributed by atoms with van der Waals surface area (Å²) in [5, 5.41) is 74.6. The number of rotatable bonds is 8. The highest BCUT2D eigenvalue weighted by Crippen LogP contribution is 2.35. The van der Waals surface area contributed by atoms with Crippen LogP contribution >= 0.6 is 0 Å². The predicted molar refractivity (Wildman–Crippen MR) is 77.8 cm³/mol. The minimum Gasteiger partial charge on any atom is -0.504 e. The number of aliphatic hydroxyl groups excluding tert-OH is 5. The molecule has 0 aliphatic carbocycles. The third-order valence-electron chi connectivity index (χ3n) is 3.16. The molecule has 0 unspecified atom stereocenters. The molecule has 0 fully saturated rings. The first kappa shape index (κ1) is 18.9. The molecule has 8 N–H and O–H groups in total. The second kappa shape index (κ2) is 8.60. The number of phenolic OH excluding ortho intramolecular Hbond substituents is 3. The number of Topliss-reactive ketones (excluding diaryl/α,β-unsaturated/α-hetero) is 1. The first-order valence-electron chi connectivity index (χ1n) is 7.30. The molecule has 0 aliphatic rings. The van der Waals surface area contributed by atoms with Gasteiger partial charge in [0.1, 0.15) is 37.6 Å². The summed E-state index contributed by atoms with van der Waals surface area (Å²) in [5.74, 6) is -5.55. The fourth-order valence-corrected chi connectivity index (χ4v) is 1.69. The van der Waals surface area contributed by atoms with Crippen LogP contribution in [-0.2, 0) is 9.53 Å². The summed E-state index contributed by atoms with van der Waals surface area (Å²) in [6.45, 7) is -2.07. The first-order chi connectivity index (χ1) is 12.0. The van der Waals surface area contributed by atoms with Gasteiger partial charge in [-0.05, 0) is 12.1 Å². The quantitative estimate of drug-likeness (QED) is 0.172. The lowest BCUT2D eigenvalue weighted by molar-refractivity contribution is -0.149. The Morgan fingerprint density at radius 3 is 2.24 bits per heavy atom. The Morgan fingerprint density at radius 1 is 1.08 bits per heavy atom. The van der Waals surface area contributed by atoms with Crippen molar-refractivity contribution < 1.29 is 56.5 Å². The molecule has 4 atom stereocenters. The summed E-state index contributed by atoms with van der Waals surface area (Å²) in [7, 11) is 0. The van der Waals surface area contributed by atoms with E-state index < -0.39 is 78.2 Å². The average molecular weight is 363 g/mol. The smallest absolute Gasteiger partial charge is 0.338 e. The molecule has 0 aromatic heterocycles. The van der Waals surface area contributed by atoms with Crippen LogP contribution in [0.2, 0.25) is 0 Å². The Bertz CT molecular complexity index is 677. The van der Waals surface area contributed by atoms with Gasteiger partial charge in [0, 0.05) is 0 Å². The molecule has 0 heterocycles. The van der Waals surface area contributed by atoms with Crippen LogP contribution in [-0.4, -0.2) is 90.2 Å². The number of benzene rings is 1. The molecular weight excluding hydrogens is 344 g/mol. The lowest BCUT2D eigenvalue weighted by atomic mass is 10.0. The van der Waals surface area contributed by atoms with E-state index in [0.29, 0.717) is 6.07 Å². The summed E-state index contributed by atoms with van der Waals surface area (Å²) in [6.07, 6.45) is -8.47. The summed E-state index contributed by atoms with van der Waals surface area (Å²) in [5.41, 5.74) is -0.671. The van der Waals surface area contributed by atoms with Gasteiger partial charge in [-0.3, -0.25) is 4.79 Å². The number of hydrogen-bond donors (Lipinski definition) is 8. The van der Waals surface area contributed by atoms with E-state index in [1.807, 2.05) is 0 Å². The van der Waals surface area contributed by atoms with Crippen molar-refractivity contribution in [1.29, 1.82) is 0 Å². The van der Waals surface area contributed by atoms with E-state index in [4.69, 9.17) is 6.48 Å². The van der Waals surface area contributed by atoms with Crippen molar-refractivity contribution in [2.24, 2.45) is 0 Å². The molecule has 1 rings (SSSR count). The van der Waals surface area contributed by atoms with E-state index in [1.54, 1.807) is 0 Å². The van der Waals surface area contributed by atoms with Crippen molar-refractivity contribution in [3.05, 3.63) is 17.7 Å². The number of aliphatic hydroxyl groups is 5. The topological polar surface area (TPSA) is 205 Å². The van der Waals surface area contributed by atoms with Crippen LogP contribution in [0.25, 0.3) is 0 Å². The molecule has 25 heavy (non-hydrogen) atoms. The van der Waals surface area contributed by atoms with Crippen LogP contribution in [0.3, 0.4) is 0 Å². The number of ether oxygens (including phenoxy) is 1. The molecule has 0 aliphatic heterocycles. The summed E-state index contributed by atoms with van der Waals surface area (Å²) in [6, 6.07) is -0.245. The zero-order valence-electron chi connectivity index (χ0n) is 13.6. The highest BCUT2D eigenvalue weighted by molar-refractivity contribution is 5.91. The Balaban J connectivity index is 2.77. The van der Waals surface area contributed by atoms with E-state index in [0.717, 1.165) is 0 Å². The molecule has 0 amide bonds. The van der Waals surface area contributed by atoms with Crippen LogP contribution in [0.15, 0.2) is 12.1 Å². The fraction of sp³-hybridized carbons (Fsp3) is 0.429. The molecular formula is C14H18O11. The number of ketones is 1. The molecule has 1 aromatic carbocycles. The van der Waals surface area contributed by atoms with Crippen molar-refractivity contribution in [1.82, 2.24) is 0 Å². The number of phenols is 3. The van der Waals surface area contributed by atoms with Crippen molar-refractivity contribution in [2.75, 3.05) is 13.2 Å². The highest BCUT2D eigenvalue weighted by atomic mass is 16.5. The molecule has 1 aromatic rings. The van der Waals surface area contributed by atoms with Gasteiger partial charge in [-0.1, -0.05) is 0 Å². The fourth-order valence-electron chi connectivity index (χ4n) is 1.69. The number of carbonyl (C=O) groups excluding carboxylic acids is 2. The van der Waals surface area contributed by atoms with Crippen molar-refractivity contribution in [3.8, 4) is 17.2 Å². The number of carbonyl (C=O) groups is 2. The molecule has 0 saturated carbocycles. The van der Waals surface area contributed by atoms with Crippen LogP contribution in [0, 0.1) is 0 Å². The molecule has 0 spiro atoms. The van der Waals surface area contributed by atoms with Gasteiger partial charge in [0.05, 0.1) is 6.93 Å². The van der Waals surface area contributed by atoms with Crippen LogP contribution in [0.5, 0.6) is 17.2 Å². The maximum absolute atomic E-state index is 11.8. The van der Waals surface area contributed by atoms with Crippen molar-refractivity contribution >= 4 is 11.8 Å². The first-order valence-corrected chi connectivity index (χ1v) is 6.80. The van der Waals surface area contributed by atoms with E-state index in [-0.39, 0.29) is 0 Å². The normalized spacial score (nSPS) is 16.4. The molecule has 0 radical (unpaired) electrons. The zero-order chi connectivity index (χ0) is 20.2. The van der Waals surface area contributed by atoms with Gasteiger partial charge in [-0.25, -0.2) is 4.79 Å². The third kappa shape index (κ3) is 5.01. The van der Waals surface area contributed by atoms with Gasteiger partial charge in [0.25, 0.3) is 0 Å². The van der Waals surface area contributed by atoms with Crippen LogP contribution < -0.4 is 0 Å². The Morgan fingerprint density at radius 2 is 1.68 bits per heavy atom. The maximum Gasteiger partial charge on any atom is 0.338 e. The van der Waals surface area contributed by atoms with Gasteiger partial charge in [0.2, 0.25) is 0 Å². The van der Waals surface area contributed by atoms with Crippen LogP contribution in [0.1, 0.15) is 11.7 Å².